The van der Waals surface area contributed by atoms with E-state index in [2.05, 4.69) is 10.3 Å². The summed E-state index contributed by atoms with van der Waals surface area (Å²) < 4.78 is 0. The van der Waals surface area contributed by atoms with Gasteiger partial charge in [-0.1, -0.05) is 36.4 Å². The zero-order valence-electron chi connectivity index (χ0n) is 12.2. The molecule has 1 aromatic heterocycles. The van der Waals surface area contributed by atoms with Gasteiger partial charge in [0.15, 0.2) is 0 Å². The number of nitrogens with one attached hydrogen (secondary N) is 1. The van der Waals surface area contributed by atoms with Crippen LogP contribution in [0.2, 0.25) is 0 Å². The summed E-state index contributed by atoms with van der Waals surface area (Å²) in [5, 5.41) is 13.9. The maximum absolute atomic E-state index is 12.3. The van der Waals surface area contributed by atoms with E-state index in [9.17, 15) is 10.1 Å². The molecule has 110 valence electrons. The van der Waals surface area contributed by atoms with E-state index in [1.165, 1.54) is 0 Å². The number of hydrogen-bond acceptors (Lipinski definition) is 3. The highest BCUT2D eigenvalue weighted by atomic mass is 16.1. The van der Waals surface area contributed by atoms with E-state index in [1.807, 2.05) is 48.5 Å². The second-order valence-corrected chi connectivity index (χ2v) is 4.93. The van der Waals surface area contributed by atoms with E-state index >= 15 is 0 Å². The molecule has 0 unspecified atom stereocenters. The van der Waals surface area contributed by atoms with Gasteiger partial charge >= 0.3 is 0 Å². The van der Waals surface area contributed by atoms with E-state index in [0.29, 0.717) is 5.69 Å². The van der Waals surface area contributed by atoms with Gasteiger partial charge in [0.2, 0.25) is 0 Å². The molecule has 0 bridgehead atoms. The number of carbonyl (C=O) groups excluding carboxylic acids is 1. The van der Waals surface area contributed by atoms with E-state index in [0.717, 1.165) is 16.3 Å². The van der Waals surface area contributed by atoms with Crippen LogP contribution in [-0.4, -0.2) is 10.9 Å². The minimum absolute atomic E-state index is 0.0539. The van der Waals surface area contributed by atoms with Gasteiger partial charge in [-0.3, -0.25) is 9.78 Å². The van der Waals surface area contributed by atoms with Gasteiger partial charge in [-0.25, -0.2) is 0 Å². The lowest BCUT2D eigenvalue weighted by Gasteiger charge is -2.05. The first-order valence-electron chi connectivity index (χ1n) is 7.09. The van der Waals surface area contributed by atoms with Crippen molar-refractivity contribution >= 4 is 28.4 Å². The van der Waals surface area contributed by atoms with E-state index < -0.39 is 5.91 Å². The molecule has 23 heavy (non-hydrogen) atoms. The normalized spacial score (nSPS) is 11.0. The van der Waals surface area contributed by atoms with E-state index in [-0.39, 0.29) is 5.57 Å². The molecule has 0 fully saturated rings. The molecule has 0 aliphatic heterocycles. The molecule has 4 nitrogen and oxygen atoms in total. The Morgan fingerprint density at radius 3 is 2.70 bits per heavy atom. The van der Waals surface area contributed by atoms with Crippen molar-refractivity contribution < 1.29 is 4.79 Å². The summed E-state index contributed by atoms with van der Waals surface area (Å²) in [6, 6.07) is 18.6. The number of nitrogens with zero attached hydrogens (tertiary/aromatic N) is 2. The van der Waals surface area contributed by atoms with Crippen LogP contribution >= 0.6 is 0 Å². The fraction of sp³-hybridized carbons (Fsp3) is 0. The fourth-order valence-electron chi connectivity index (χ4n) is 2.30. The highest BCUT2D eigenvalue weighted by Gasteiger charge is 2.10. The zero-order chi connectivity index (χ0) is 16.1. The predicted molar refractivity (Wildman–Crippen MR) is 90.4 cm³/mol. The minimum Gasteiger partial charge on any atom is -0.321 e. The van der Waals surface area contributed by atoms with Crippen molar-refractivity contribution in [3.05, 3.63) is 78.1 Å². The van der Waals surface area contributed by atoms with Gasteiger partial charge in [0.05, 0.1) is 0 Å². The lowest BCUT2D eigenvalue weighted by atomic mass is 10.0. The summed E-state index contributed by atoms with van der Waals surface area (Å²) in [7, 11) is 0. The Kier molecular flexibility index (Phi) is 4.12. The van der Waals surface area contributed by atoms with Crippen LogP contribution in [0.25, 0.3) is 16.8 Å². The van der Waals surface area contributed by atoms with Crippen molar-refractivity contribution in [3.63, 3.8) is 0 Å². The summed E-state index contributed by atoms with van der Waals surface area (Å²) in [6.45, 7) is 0. The monoisotopic (exact) mass is 299 g/mol. The van der Waals surface area contributed by atoms with Crippen LogP contribution in [0, 0.1) is 11.3 Å². The van der Waals surface area contributed by atoms with Gasteiger partial charge in [-0.15, -0.1) is 0 Å². The Morgan fingerprint density at radius 1 is 1.09 bits per heavy atom. The third kappa shape index (κ3) is 3.25. The van der Waals surface area contributed by atoms with Crippen LogP contribution in [0.15, 0.2) is 72.6 Å². The summed E-state index contributed by atoms with van der Waals surface area (Å²) in [4.78, 5) is 16.3. The fourth-order valence-corrected chi connectivity index (χ4v) is 2.30. The number of benzene rings is 2. The first-order chi connectivity index (χ1) is 11.3. The summed E-state index contributed by atoms with van der Waals surface area (Å²) >= 11 is 0. The smallest absolute Gasteiger partial charge is 0.266 e. The highest BCUT2D eigenvalue weighted by molar-refractivity contribution is 6.10. The van der Waals surface area contributed by atoms with Crippen LogP contribution in [0.3, 0.4) is 0 Å². The number of hydrogen-bond donors (Lipinski definition) is 1. The van der Waals surface area contributed by atoms with Gasteiger partial charge in [-0.05, 0) is 35.2 Å². The molecule has 0 saturated carbocycles. The second-order valence-electron chi connectivity index (χ2n) is 4.93. The van der Waals surface area contributed by atoms with Crippen LogP contribution in [0.4, 0.5) is 5.69 Å². The molecule has 0 spiro atoms. The van der Waals surface area contributed by atoms with Crippen LogP contribution < -0.4 is 5.32 Å². The third-order valence-corrected chi connectivity index (χ3v) is 3.41. The van der Waals surface area contributed by atoms with Gasteiger partial charge in [0, 0.05) is 23.5 Å². The molecule has 1 amide bonds. The Balaban J connectivity index is 1.95. The molecule has 4 heteroatoms. The van der Waals surface area contributed by atoms with Crippen LogP contribution in [0.1, 0.15) is 5.56 Å². The average molecular weight is 299 g/mol. The molecule has 3 rings (SSSR count). The topological polar surface area (TPSA) is 65.8 Å². The standard InChI is InChI=1S/C19H13N3O/c20-12-16(19(23)22-17-7-2-1-3-8-17)11-14-5-4-6-15-13-21-10-9-18(14)15/h1-11,13H,(H,22,23). The summed E-state index contributed by atoms with van der Waals surface area (Å²) in [5.41, 5.74) is 1.52. The molecular formula is C19H13N3O. The van der Waals surface area contributed by atoms with Crippen molar-refractivity contribution in [2.45, 2.75) is 0 Å². The summed E-state index contributed by atoms with van der Waals surface area (Å²) in [6.07, 6.45) is 5.04. The largest absolute Gasteiger partial charge is 0.321 e. The lowest BCUT2D eigenvalue weighted by molar-refractivity contribution is -0.112. The van der Waals surface area contributed by atoms with Gasteiger partial charge in [0.1, 0.15) is 11.6 Å². The predicted octanol–water partition coefficient (Wildman–Crippen LogP) is 3.78. The van der Waals surface area contributed by atoms with Crippen molar-refractivity contribution in [1.29, 1.82) is 5.26 Å². The van der Waals surface area contributed by atoms with Gasteiger partial charge < -0.3 is 5.32 Å². The lowest BCUT2D eigenvalue weighted by Crippen LogP contribution is -2.13. The summed E-state index contributed by atoms with van der Waals surface area (Å²) in [5.74, 6) is -0.426. The van der Waals surface area contributed by atoms with Crippen molar-refractivity contribution in [2.24, 2.45) is 0 Å². The molecule has 2 aromatic carbocycles. The van der Waals surface area contributed by atoms with Gasteiger partial charge in [0.25, 0.3) is 5.91 Å². The molecule has 0 saturated heterocycles. The molecule has 0 atom stereocenters. The first kappa shape index (κ1) is 14.5. The zero-order valence-corrected chi connectivity index (χ0v) is 12.2. The van der Waals surface area contributed by atoms with E-state index in [4.69, 9.17) is 0 Å². The van der Waals surface area contributed by atoms with Crippen molar-refractivity contribution in [3.8, 4) is 6.07 Å². The Morgan fingerprint density at radius 2 is 1.91 bits per heavy atom. The third-order valence-electron chi connectivity index (χ3n) is 3.41. The van der Waals surface area contributed by atoms with Crippen molar-refractivity contribution in [1.82, 2.24) is 4.98 Å². The molecule has 1 N–H and O–H groups in total. The molecule has 0 radical (unpaired) electrons. The number of para-hydroxylation sites is 1. The number of pyridine rings is 1. The maximum atomic E-state index is 12.3. The SMILES string of the molecule is N#CC(=Cc1cccc2cnccc12)C(=O)Nc1ccccc1. The molecular weight excluding hydrogens is 286 g/mol. The minimum atomic E-state index is -0.426. The van der Waals surface area contributed by atoms with E-state index in [1.54, 1.807) is 30.6 Å². The quantitative estimate of drug-likeness (QED) is 0.591. The number of carbonyl (C=O) groups is 1. The number of rotatable bonds is 3. The molecule has 0 aliphatic rings. The van der Waals surface area contributed by atoms with Crippen molar-refractivity contribution in [2.75, 3.05) is 5.32 Å². The van der Waals surface area contributed by atoms with Gasteiger partial charge in [-0.2, -0.15) is 5.26 Å². The molecule has 1 heterocycles. The number of nitriles is 1. The highest BCUT2D eigenvalue weighted by Crippen LogP contribution is 2.20. The maximum Gasteiger partial charge on any atom is 0.266 e. The number of amides is 1. The number of aromatic nitrogens is 1. The Labute approximate surface area is 133 Å². The van der Waals surface area contributed by atoms with Crippen LogP contribution in [0.5, 0.6) is 0 Å². The van der Waals surface area contributed by atoms with Crippen LogP contribution in [-0.2, 0) is 4.79 Å². The Hall–Kier alpha value is -3.45. The number of fused-ring (bicyclic) bond motifs is 1. The average Bonchev–Trinajstić information content (AvgIpc) is 2.60. The Bertz CT molecular complexity index is 919. The first-order valence-corrected chi connectivity index (χ1v) is 7.09. The molecule has 0 aliphatic carbocycles. The molecule has 3 aromatic rings. The second kappa shape index (κ2) is 6.54. The number of anilines is 1.